The van der Waals surface area contributed by atoms with Gasteiger partial charge in [-0.15, -0.1) is 0 Å². The zero-order chi connectivity index (χ0) is 5.28. The molecule has 0 spiro atoms. The molecule has 1 N–H and O–H groups in total. The second-order valence-corrected chi connectivity index (χ2v) is 1.95. The van der Waals surface area contributed by atoms with Crippen LogP contribution in [0.15, 0.2) is 0 Å². The maximum atomic E-state index is 8.60. The summed E-state index contributed by atoms with van der Waals surface area (Å²) >= 11 is 0. The molecule has 0 bridgehead atoms. The Kier molecular flexibility index (Phi) is 0.994. The average Bonchev–Trinajstić information content (AvgIpc) is 1.58. The van der Waals surface area contributed by atoms with Crippen LogP contribution in [0, 0.1) is 17.2 Å². The van der Waals surface area contributed by atoms with E-state index in [-0.39, 0.29) is 12.0 Å². The van der Waals surface area contributed by atoms with Crippen molar-refractivity contribution in [1.29, 1.82) is 5.26 Å². The summed E-state index contributed by atoms with van der Waals surface area (Å²) in [5, 5.41) is 16.7. The molecule has 0 aliphatic heterocycles. The first-order chi connectivity index (χ1) is 3.33. The summed E-state index contributed by atoms with van der Waals surface area (Å²) in [6.45, 7) is 0. The van der Waals surface area contributed by atoms with Crippen LogP contribution in [0.25, 0.3) is 0 Å². The van der Waals surface area contributed by atoms with E-state index in [9.17, 15) is 0 Å². The highest BCUT2D eigenvalue weighted by Crippen LogP contribution is 2.25. The Labute approximate surface area is 42.4 Å². The van der Waals surface area contributed by atoms with E-state index in [2.05, 4.69) is 6.07 Å². The van der Waals surface area contributed by atoms with Crippen molar-refractivity contribution < 1.29 is 5.11 Å². The average molecular weight is 97.1 g/mol. The van der Waals surface area contributed by atoms with E-state index in [1.54, 1.807) is 0 Å². The van der Waals surface area contributed by atoms with E-state index in [0.29, 0.717) is 12.8 Å². The van der Waals surface area contributed by atoms with Crippen molar-refractivity contribution in [2.45, 2.75) is 18.9 Å². The number of aliphatic hydroxyl groups is 1. The fraction of sp³-hybridized carbons (Fsp3) is 0.800. The van der Waals surface area contributed by atoms with E-state index in [4.69, 9.17) is 10.4 Å². The van der Waals surface area contributed by atoms with Crippen LogP contribution in [0.3, 0.4) is 0 Å². The van der Waals surface area contributed by atoms with E-state index in [1.807, 2.05) is 0 Å². The Morgan fingerprint density at radius 2 is 2.14 bits per heavy atom. The predicted octanol–water partition coefficient (Wildman–Crippen LogP) is 0.281. The Morgan fingerprint density at radius 1 is 1.57 bits per heavy atom. The van der Waals surface area contributed by atoms with Crippen molar-refractivity contribution in [3.63, 3.8) is 0 Å². The summed E-state index contributed by atoms with van der Waals surface area (Å²) in [6.07, 6.45) is 1.21. The van der Waals surface area contributed by atoms with Crippen molar-refractivity contribution in [2.75, 3.05) is 0 Å². The van der Waals surface area contributed by atoms with Gasteiger partial charge in [0.1, 0.15) is 0 Å². The van der Waals surface area contributed by atoms with Gasteiger partial charge in [-0.25, -0.2) is 0 Å². The van der Waals surface area contributed by atoms with Gasteiger partial charge in [0.15, 0.2) is 0 Å². The second-order valence-electron chi connectivity index (χ2n) is 1.95. The first-order valence-corrected chi connectivity index (χ1v) is 2.40. The lowest BCUT2D eigenvalue weighted by molar-refractivity contribution is 0.0657. The molecule has 2 nitrogen and oxygen atoms in total. The van der Waals surface area contributed by atoms with Crippen LogP contribution >= 0.6 is 0 Å². The lowest BCUT2D eigenvalue weighted by atomic mass is 9.84. The molecular weight excluding hydrogens is 90.1 g/mol. The highest BCUT2D eigenvalue weighted by molar-refractivity contribution is 4.93. The second kappa shape index (κ2) is 1.51. The number of aliphatic hydroxyl groups excluding tert-OH is 1. The standard InChI is InChI=1S/C5H7NO/c6-3-4-1-5(7)2-4/h4-5,7H,1-2H2/t4-,5-. The van der Waals surface area contributed by atoms with Gasteiger partial charge in [-0.1, -0.05) is 0 Å². The number of nitriles is 1. The van der Waals surface area contributed by atoms with Crippen LogP contribution in [0.2, 0.25) is 0 Å². The molecule has 7 heavy (non-hydrogen) atoms. The van der Waals surface area contributed by atoms with Gasteiger partial charge in [-0.2, -0.15) is 5.26 Å². The molecule has 1 fully saturated rings. The first kappa shape index (κ1) is 4.61. The third-order valence-corrected chi connectivity index (χ3v) is 1.30. The van der Waals surface area contributed by atoms with Crippen LogP contribution in [-0.2, 0) is 0 Å². The molecule has 1 aliphatic carbocycles. The quantitative estimate of drug-likeness (QED) is 0.472. The molecule has 0 aromatic rings. The maximum absolute atomic E-state index is 8.60. The minimum Gasteiger partial charge on any atom is -0.393 e. The fourth-order valence-corrected chi connectivity index (χ4v) is 0.693. The Hall–Kier alpha value is -0.550. The summed E-state index contributed by atoms with van der Waals surface area (Å²) < 4.78 is 0. The van der Waals surface area contributed by atoms with Crippen LogP contribution in [0.1, 0.15) is 12.8 Å². The topological polar surface area (TPSA) is 44.0 Å². The normalized spacial score (nSPS) is 38.9. The van der Waals surface area contributed by atoms with Crippen molar-refractivity contribution in [3.8, 4) is 6.07 Å². The smallest absolute Gasteiger partial charge is 0.0657 e. The van der Waals surface area contributed by atoms with Gasteiger partial charge in [0, 0.05) is 0 Å². The van der Waals surface area contributed by atoms with Gasteiger partial charge in [0.25, 0.3) is 0 Å². The van der Waals surface area contributed by atoms with Crippen molar-refractivity contribution in [2.24, 2.45) is 5.92 Å². The fourth-order valence-electron chi connectivity index (χ4n) is 0.693. The molecule has 0 atom stereocenters. The van der Waals surface area contributed by atoms with Crippen LogP contribution in [0.4, 0.5) is 0 Å². The molecule has 1 rings (SSSR count). The molecule has 0 amide bonds. The largest absolute Gasteiger partial charge is 0.393 e. The van der Waals surface area contributed by atoms with Gasteiger partial charge in [-0.3, -0.25) is 0 Å². The zero-order valence-corrected chi connectivity index (χ0v) is 3.96. The van der Waals surface area contributed by atoms with Gasteiger partial charge in [0.2, 0.25) is 0 Å². The number of hydrogen-bond donors (Lipinski definition) is 1. The molecule has 0 aromatic heterocycles. The molecule has 0 saturated heterocycles. The van der Waals surface area contributed by atoms with E-state index < -0.39 is 0 Å². The summed E-state index contributed by atoms with van der Waals surface area (Å²) in [6, 6.07) is 2.07. The van der Waals surface area contributed by atoms with Crippen LogP contribution in [0.5, 0.6) is 0 Å². The zero-order valence-electron chi connectivity index (χ0n) is 3.96. The van der Waals surface area contributed by atoms with Gasteiger partial charge >= 0.3 is 0 Å². The molecule has 0 radical (unpaired) electrons. The number of nitrogens with zero attached hydrogens (tertiary/aromatic N) is 1. The van der Waals surface area contributed by atoms with Crippen molar-refractivity contribution in [3.05, 3.63) is 0 Å². The first-order valence-electron chi connectivity index (χ1n) is 2.40. The van der Waals surface area contributed by atoms with Crippen molar-refractivity contribution in [1.82, 2.24) is 0 Å². The van der Waals surface area contributed by atoms with Gasteiger partial charge < -0.3 is 5.11 Å². The van der Waals surface area contributed by atoms with E-state index >= 15 is 0 Å². The Balaban J connectivity index is 2.21. The Bertz CT molecular complexity index is 99.1. The lowest BCUT2D eigenvalue weighted by Crippen LogP contribution is -2.26. The summed E-state index contributed by atoms with van der Waals surface area (Å²) in [7, 11) is 0. The maximum Gasteiger partial charge on any atom is 0.0657 e. The third kappa shape index (κ3) is 0.726. The van der Waals surface area contributed by atoms with Crippen LogP contribution in [-0.4, -0.2) is 11.2 Å². The van der Waals surface area contributed by atoms with Gasteiger partial charge in [0.05, 0.1) is 18.1 Å². The molecule has 0 unspecified atom stereocenters. The van der Waals surface area contributed by atoms with Crippen molar-refractivity contribution >= 4 is 0 Å². The Morgan fingerprint density at radius 3 is 2.29 bits per heavy atom. The molecule has 0 heterocycles. The molecule has 0 aromatic carbocycles. The molecule has 2 heteroatoms. The highest BCUT2D eigenvalue weighted by Gasteiger charge is 2.26. The number of hydrogen-bond acceptors (Lipinski definition) is 2. The van der Waals surface area contributed by atoms with E-state index in [1.165, 1.54) is 0 Å². The minimum absolute atomic E-state index is 0.148. The monoisotopic (exact) mass is 97.1 g/mol. The molecule has 1 saturated carbocycles. The molecule has 38 valence electrons. The molecular formula is C5H7NO. The van der Waals surface area contributed by atoms with Gasteiger partial charge in [-0.05, 0) is 12.8 Å². The summed E-state index contributed by atoms with van der Waals surface area (Å²) in [4.78, 5) is 0. The highest BCUT2D eigenvalue weighted by atomic mass is 16.3. The molecule has 1 aliphatic rings. The van der Waals surface area contributed by atoms with E-state index in [0.717, 1.165) is 0 Å². The summed E-state index contributed by atoms with van der Waals surface area (Å²) in [5.74, 6) is 0.148. The lowest BCUT2D eigenvalue weighted by Gasteiger charge is -2.24. The SMILES string of the molecule is N#C[C@H]1C[C@H](O)C1. The number of rotatable bonds is 0. The third-order valence-electron chi connectivity index (χ3n) is 1.30. The minimum atomic E-state index is -0.176. The van der Waals surface area contributed by atoms with Crippen LogP contribution < -0.4 is 0 Å². The summed E-state index contributed by atoms with van der Waals surface area (Å²) in [5.41, 5.74) is 0. The predicted molar refractivity (Wildman–Crippen MR) is 24.3 cm³/mol.